The van der Waals surface area contributed by atoms with E-state index in [0.29, 0.717) is 23.6 Å². The summed E-state index contributed by atoms with van der Waals surface area (Å²) in [5.74, 6) is 0.0219. The smallest absolute Gasteiger partial charge is 0.302 e. The van der Waals surface area contributed by atoms with Crippen LogP contribution in [-0.2, 0) is 16.6 Å². The van der Waals surface area contributed by atoms with Crippen molar-refractivity contribution in [3.05, 3.63) is 106 Å². The van der Waals surface area contributed by atoms with Gasteiger partial charge in [0.1, 0.15) is 11.6 Å². The normalized spacial score (nSPS) is 12.5. The summed E-state index contributed by atoms with van der Waals surface area (Å²) in [7, 11) is -3.99. The van der Waals surface area contributed by atoms with Gasteiger partial charge in [0, 0.05) is 6.54 Å². The third-order valence-corrected chi connectivity index (χ3v) is 7.25. The van der Waals surface area contributed by atoms with Gasteiger partial charge in [0.2, 0.25) is 10.0 Å². The second-order valence-electron chi connectivity index (χ2n) is 7.31. The van der Waals surface area contributed by atoms with E-state index in [1.807, 2.05) is 37.3 Å². The summed E-state index contributed by atoms with van der Waals surface area (Å²) in [5, 5.41) is 0.390. The highest BCUT2D eigenvalue weighted by Gasteiger charge is 2.27. The van der Waals surface area contributed by atoms with Gasteiger partial charge in [-0.15, -0.1) is 0 Å². The molecule has 0 saturated carbocycles. The molecule has 0 bridgehead atoms. The molecule has 0 aliphatic rings. The molecular formula is C24H20Cl2FN3O3S. The number of halogens is 3. The predicted octanol–water partition coefficient (Wildman–Crippen LogP) is 6.21. The van der Waals surface area contributed by atoms with E-state index >= 15 is 0 Å². The molecule has 6 nitrogen and oxygen atoms in total. The van der Waals surface area contributed by atoms with Crippen LogP contribution in [0, 0.1) is 5.82 Å². The van der Waals surface area contributed by atoms with Gasteiger partial charge in [0.25, 0.3) is 0 Å². The first-order chi connectivity index (χ1) is 16.3. The Kier molecular flexibility index (Phi) is 7.23. The van der Waals surface area contributed by atoms with Crippen LogP contribution in [-0.4, -0.2) is 18.0 Å². The number of rotatable bonds is 8. The molecule has 1 N–H and O–H groups in total. The van der Waals surface area contributed by atoms with E-state index < -0.39 is 16.1 Å². The second kappa shape index (κ2) is 10.1. The number of hydrogen-bond acceptors (Lipinski definition) is 4. The molecule has 0 aliphatic carbocycles. The number of hydrogen-bond donors (Lipinski definition) is 1. The van der Waals surface area contributed by atoms with Gasteiger partial charge in [0.15, 0.2) is 0 Å². The highest BCUT2D eigenvalue weighted by molar-refractivity contribution is 7.89. The molecule has 0 aliphatic heterocycles. The molecule has 1 atom stereocenters. The summed E-state index contributed by atoms with van der Waals surface area (Å²) >= 11 is 12.0. The minimum atomic E-state index is -3.99. The van der Waals surface area contributed by atoms with E-state index in [4.69, 9.17) is 27.9 Å². The largest absolute Gasteiger partial charge is 0.426 e. The third-order valence-electron chi connectivity index (χ3n) is 5.09. The molecule has 3 aromatic carbocycles. The average molecular weight is 520 g/mol. The summed E-state index contributed by atoms with van der Waals surface area (Å²) in [4.78, 5) is 4.33. The van der Waals surface area contributed by atoms with Gasteiger partial charge in [-0.05, 0) is 55.0 Å². The molecule has 0 spiro atoms. The van der Waals surface area contributed by atoms with Crippen LogP contribution in [0.2, 0.25) is 10.0 Å². The Hall–Kier alpha value is -2.91. The maximum absolute atomic E-state index is 13.3. The fourth-order valence-corrected chi connectivity index (χ4v) is 5.01. The van der Waals surface area contributed by atoms with Crippen molar-refractivity contribution in [2.75, 3.05) is 0 Å². The van der Waals surface area contributed by atoms with Gasteiger partial charge in [-0.1, -0.05) is 53.5 Å². The number of imidazole rings is 1. The number of ether oxygens (including phenoxy) is 1. The van der Waals surface area contributed by atoms with E-state index in [2.05, 4.69) is 9.71 Å². The highest BCUT2D eigenvalue weighted by Crippen LogP contribution is 2.31. The maximum Gasteiger partial charge on any atom is 0.302 e. The van der Waals surface area contributed by atoms with Crippen molar-refractivity contribution in [2.45, 2.75) is 24.4 Å². The van der Waals surface area contributed by atoms with E-state index in [1.165, 1.54) is 42.5 Å². The van der Waals surface area contributed by atoms with Gasteiger partial charge >= 0.3 is 6.01 Å². The van der Waals surface area contributed by atoms with E-state index in [-0.39, 0.29) is 26.8 Å². The number of aromatic nitrogens is 2. The van der Waals surface area contributed by atoms with Gasteiger partial charge in [-0.25, -0.2) is 17.8 Å². The molecular weight excluding hydrogens is 500 g/mol. The van der Waals surface area contributed by atoms with Crippen molar-refractivity contribution in [1.82, 2.24) is 14.3 Å². The van der Waals surface area contributed by atoms with E-state index in [9.17, 15) is 12.8 Å². The number of sulfonamides is 1. The molecule has 176 valence electrons. The van der Waals surface area contributed by atoms with Crippen LogP contribution in [0.3, 0.4) is 0 Å². The summed E-state index contributed by atoms with van der Waals surface area (Å²) in [6.45, 7) is 2.34. The molecule has 0 amide bonds. The first-order valence-corrected chi connectivity index (χ1v) is 12.5. The maximum atomic E-state index is 13.3. The average Bonchev–Trinajstić information content (AvgIpc) is 3.23. The monoisotopic (exact) mass is 519 g/mol. The van der Waals surface area contributed by atoms with Crippen LogP contribution in [0.1, 0.15) is 24.2 Å². The summed E-state index contributed by atoms with van der Waals surface area (Å²) in [6, 6.07) is 18.2. The molecule has 0 saturated heterocycles. The first kappa shape index (κ1) is 24.2. The fraction of sp³-hybridized carbons (Fsp3) is 0.125. The zero-order valence-corrected chi connectivity index (χ0v) is 20.3. The van der Waals surface area contributed by atoms with Crippen molar-refractivity contribution in [3.63, 3.8) is 0 Å². The minimum absolute atomic E-state index is 0.0202. The fourth-order valence-electron chi connectivity index (χ4n) is 3.42. The Labute approximate surface area is 207 Å². The highest BCUT2D eigenvalue weighted by atomic mass is 35.5. The Morgan fingerprint density at radius 1 is 1.03 bits per heavy atom. The van der Waals surface area contributed by atoms with Crippen LogP contribution >= 0.6 is 23.2 Å². The van der Waals surface area contributed by atoms with Crippen molar-refractivity contribution in [3.8, 4) is 11.8 Å². The minimum Gasteiger partial charge on any atom is -0.426 e. The molecule has 4 rings (SSSR count). The van der Waals surface area contributed by atoms with Crippen molar-refractivity contribution in [2.24, 2.45) is 0 Å². The molecule has 0 radical (unpaired) electrons. The standard InChI is InChI=1S/C24H20Cl2FN3O3S/c1-2-30-22(15-28-24(30)33-18-10-8-17(27)9-11-18)23(16-6-4-3-5-7-16)29-34(31,32)19-12-13-20(25)21(26)14-19/h3-15,23,29H,2H2,1H3. The van der Waals surface area contributed by atoms with Crippen molar-refractivity contribution >= 4 is 33.2 Å². The van der Waals surface area contributed by atoms with Gasteiger partial charge < -0.3 is 4.74 Å². The lowest BCUT2D eigenvalue weighted by Gasteiger charge is -2.21. The van der Waals surface area contributed by atoms with Crippen molar-refractivity contribution < 1.29 is 17.5 Å². The molecule has 1 unspecified atom stereocenters. The number of nitrogens with zero attached hydrogens (tertiary/aromatic N) is 2. The van der Waals surface area contributed by atoms with E-state index in [0.717, 1.165) is 0 Å². The van der Waals surface area contributed by atoms with Crippen LogP contribution in [0.5, 0.6) is 11.8 Å². The Bertz CT molecular complexity index is 1390. The Morgan fingerprint density at radius 2 is 1.74 bits per heavy atom. The number of nitrogens with one attached hydrogen (secondary N) is 1. The summed E-state index contributed by atoms with van der Waals surface area (Å²) in [5.41, 5.74) is 1.27. The quantitative estimate of drug-likeness (QED) is 0.300. The van der Waals surface area contributed by atoms with Crippen molar-refractivity contribution in [1.29, 1.82) is 0 Å². The molecule has 4 aromatic rings. The topological polar surface area (TPSA) is 73.2 Å². The van der Waals surface area contributed by atoms with Gasteiger partial charge in [-0.2, -0.15) is 4.72 Å². The van der Waals surface area contributed by atoms with Crippen LogP contribution < -0.4 is 9.46 Å². The lowest BCUT2D eigenvalue weighted by molar-refractivity contribution is 0.408. The molecule has 34 heavy (non-hydrogen) atoms. The van der Waals surface area contributed by atoms with Gasteiger partial charge in [0.05, 0.1) is 32.9 Å². The molecule has 1 aromatic heterocycles. The summed E-state index contributed by atoms with van der Waals surface area (Å²) < 4.78 is 50.1. The summed E-state index contributed by atoms with van der Waals surface area (Å²) in [6.07, 6.45) is 1.55. The zero-order chi connectivity index (χ0) is 24.3. The lowest BCUT2D eigenvalue weighted by atomic mass is 10.1. The van der Waals surface area contributed by atoms with Crippen LogP contribution in [0.15, 0.2) is 83.9 Å². The molecule has 10 heteroatoms. The predicted molar refractivity (Wildman–Crippen MR) is 129 cm³/mol. The lowest BCUT2D eigenvalue weighted by Crippen LogP contribution is -2.31. The van der Waals surface area contributed by atoms with Crippen LogP contribution in [0.25, 0.3) is 0 Å². The van der Waals surface area contributed by atoms with Crippen LogP contribution in [0.4, 0.5) is 4.39 Å². The second-order valence-corrected chi connectivity index (χ2v) is 9.84. The zero-order valence-electron chi connectivity index (χ0n) is 18.0. The third kappa shape index (κ3) is 5.26. The SMILES string of the molecule is CCn1c(C(NS(=O)(=O)c2ccc(Cl)c(Cl)c2)c2ccccc2)cnc1Oc1ccc(F)cc1. The first-order valence-electron chi connectivity index (χ1n) is 10.3. The molecule has 1 heterocycles. The Morgan fingerprint density at radius 3 is 2.38 bits per heavy atom. The molecule has 0 fully saturated rings. The Balaban J connectivity index is 1.74. The number of benzene rings is 3. The van der Waals surface area contributed by atoms with Gasteiger partial charge in [-0.3, -0.25) is 4.57 Å². The van der Waals surface area contributed by atoms with E-state index in [1.54, 1.807) is 10.8 Å².